The molecule has 0 fully saturated rings. The van der Waals surface area contributed by atoms with Gasteiger partial charge in [-0.25, -0.2) is 0 Å². The highest BCUT2D eigenvalue weighted by atomic mass is 16.3. The van der Waals surface area contributed by atoms with E-state index in [-0.39, 0.29) is 18.2 Å². The maximum Gasteiger partial charge on any atom is 0.287 e. The van der Waals surface area contributed by atoms with Gasteiger partial charge in [0.2, 0.25) is 5.91 Å². The molecule has 0 aliphatic rings. The molecule has 23 heavy (non-hydrogen) atoms. The quantitative estimate of drug-likeness (QED) is 0.758. The van der Waals surface area contributed by atoms with E-state index in [0.29, 0.717) is 11.3 Å². The molecule has 0 radical (unpaired) electrons. The molecule has 1 aromatic carbocycles. The molecule has 2 amide bonds. The minimum atomic E-state index is -0.689. The number of amides is 2. The van der Waals surface area contributed by atoms with Crippen LogP contribution < -0.4 is 10.6 Å². The fourth-order valence-corrected chi connectivity index (χ4v) is 2.17. The van der Waals surface area contributed by atoms with Crippen molar-refractivity contribution in [3.05, 3.63) is 60.2 Å². The Hall–Kier alpha value is -3.02. The molecule has 0 aliphatic heterocycles. The Labute approximate surface area is 132 Å². The lowest BCUT2D eigenvalue weighted by molar-refractivity contribution is -0.122. The fourth-order valence-electron chi connectivity index (χ4n) is 2.17. The molecule has 2 heterocycles. The van der Waals surface area contributed by atoms with E-state index >= 15 is 0 Å². The summed E-state index contributed by atoms with van der Waals surface area (Å²) in [6, 6.07) is 11.8. The fraction of sp³-hybridized carbons (Fsp3) is 0.176. The number of rotatable bonds is 5. The Kier molecular flexibility index (Phi) is 4.14. The number of carbonyl (C=O) groups excluding carboxylic acids is 2. The van der Waals surface area contributed by atoms with E-state index in [1.165, 1.54) is 6.26 Å². The van der Waals surface area contributed by atoms with Gasteiger partial charge in [0.1, 0.15) is 17.4 Å². The molecule has 118 valence electrons. The third-order valence-corrected chi connectivity index (χ3v) is 3.41. The minimum absolute atomic E-state index is 0.178. The van der Waals surface area contributed by atoms with Crippen molar-refractivity contribution in [3.63, 3.8) is 0 Å². The third kappa shape index (κ3) is 3.42. The van der Waals surface area contributed by atoms with E-state index in [0.717, 1.165) is 5.39 Å². The molecule has 0 aliphatic carbocycles. The number of hydrogen-bond donors (Lipinski definition) is 2. The number of carbonyl (C=O) groups is 2. The van der Waals surface area contributed by atoms with Gasteiger partial charge in [-0.2, -0.15) is 0 Å². The molecule has 0 unspecified atom stereocenters. The monoisotopic (exact) mass is 312 g/mol. The van der Waals surface area contributed by atoms with Crippen molar-refractivity contribution in [1.29, 1.82) is 0 Å². The Morgan fingerprint density at radius 2 is 2.00 bits per heavy atom. The summed E-state index contributed by atoms with van der Waals surface area (Å²) in [5.74, 6) is 0.0961. The van der Waals surface area contributed by atoms with Crippen LogP contribution in [0.15, 0.2) is 57.6 Å². The van der Waals surface area contributed by atoms with Crippen LogP contribution in [0.2, 0.25) is 0 Å². The van der Waals surface area contributed by atoms with Crippen molar-refractivity contribution in [2.24, 2.45) is 0 Å². The molecule has 0 saturated heterocycles. The molecule has 0 bridgehead atoms. The zero-order chi connectivity index (χ0) is 16.2. The second-order valence-electron chi connectivity index (χ2n) is 5.14. The maximum atomic E-state index is 12.2. The first-order chi connectivity index (χ1) is 11.1. The molecule has 2 N–H and O–H groups in total. The van der Waals surface area contributed by atoms with E-state index in [9.17, 15) is 9.59 Å². The van der Waals surface area contributed by atoms with E-state index in [2.05, 4.69) is 10.6 Å². The molecular formula is C17H16N2O4. The molecule has 6 nitrogen and oxygen atoms in total. The molecule has 0 spiro atoms. The summed E-state index contributed by atoms with van der Waals surface area (Å²) < 4.78 is 10.6. The largest absolute Gasteiger partial charge is 0.467 e. The van der Waals surface area contributed by atoms with Gasteiger partial charge < -0.3 is 19.5 Å². The first-order valence-corrected chi connectivity index (χ1v) is 7.23. The number of furan rings is 2. The number of para-hydroxylation sites is 1. The van der Waals surface area contributed by atoms with Crippen molar-refractivity contribution < 1.29 is 18.4 Å². The van der Waals surface area contributed by atoms with Gasteiger partial charge >= 0.3 is 0 Å². The normalized spacial score (nSPS) is 12.0. The van der Waals surface area contributed by atoms with Crippen LogP contribution in [-0.2, 0) is 11.3 Å². The van der Waals surface area contributed by atoms with Gasteiger partial charge in [0.05, 0.1) is 12.8 Å². The molecule has 0 saturated carbocycles. The molecule has 6 heteroatoms. The topological polar surface area (TPSA) is 84.5 Å². The molecule has 1 atom stereocenters. The van der Waals surface area contributed by atoms with Crippen molar-refractivity contribution in [2.75, 3.05) is 0 Å². The van der Waals surface area contributed by atoms with Crippen LogP contribution in [0.3, 0.4) is 0 Å². The van der Waals surface area contributed by atoms with Crippen LogP contribution in [0, 0.1) is 0 Å². The lowest BCUT2D eigenvalue weighted by Gasteiger charge is -2.12. The number of nitrogens with one attached hydrogen (secondary N) is 2. The average Bonchev–Trinajstić information content (AvgIpc) is 3.21. The van der Waals surface area contributed by atoms with Crippen LogP contribution in [0.25, 0.3) is 11.0 Å². The average molecular weight is 312 g/mol. The zero-order valence-corrected chi connectivity index (χ0v) is 12.5. The molecular weight excluding hydrogens is 296 g/mol. The van der Waals surface area contributed by atoms with Gasteiger partial charge in [-0.15, -0.1) is 0 Å². The van der Waals surface area contributed by atoms with Crippen LogP contribution >= 0.6 is 0 Å². The van der Waals surface area contributed by atoms with Gasteiger partial charge in [-0.3, -0.25) is 9.59 Å². The van der Waals surface area contributed by atoms with Gasteiger partial charge in [0.15, 0.2) is 5.76 Å². The Bertz CT molecular complexity index is 787. The van der Waals surface area contributed by atoms with Crippen molar-refractivity contribution >= 4 is 22.8 Å². The summed E-state index contributed by atoms with van der Waals surface area (Å²) in [7, 11) is 0. The summed E-state index contributed by atoms with van der Waals surface area (Å²) in [5, 5.41) is 6.14. The summed E-state index contributed by atoms with van der Waals surface area (Å²) in [6.07, 6.45) is 1.54. The lowest BCUT2D eigenvalue weighted by Crippen LogP contribution is -2.44. The van der Waals surface area contributed by atoms with E-state index in [1.807, 2.05) is 18.2 Å². The second-order valence-corrected chi connectivity index (χ2v) is 5.14. The van der Waals surface area contributed by atoms with Crippen molar-refractivity contribution in [3.8, 4) is 0 Å². The van der Waals surface area contributed by atoms with Crippen LogP contribution in [-0.4, -0.2) is 17.9 Å². The Balaban J connectivity index is 1.58. The third-order valence-electron chi connectivity index (χ3n) is 3.41. The van der Waals surface area contributed by atoms with E-state index in [1.54, 1.807) is 31.2 Å². The van der Waals surface area contributed by atoms with Crippen molar-refractivity contribution in [2.45, 2.75) is 19.5 Å². The maximum absolute atomic E-state index is 12.2. The van der Waals surface area contributed by atoms with Crippen LogP contribution in [0.1, 0.15) is 23.2 Å². The summed E-state index contributed by atoms with van der Waals surface area (Å²) >= 11 is 0. The van der Waals surface area contributed by atoms with Gasteiger partial charge in [0, 0.05) is 5.39 Å². The lowest BCUT2D eigenvalue weighted by atomic mass is 10.2. The van der Waals surface area contributed by atoms with E-state index in [4.69, 9.17) is 8.83 Å². The summed E-state index contributed by atoms with van der Waals surface area (Å²) in [5.41, 5.74) is 0.632. The predicted octanol–water partition coefficient (Wildman–Crippen LogP) is 2.46. The van der Waals surface area contributed by atoms with Crippen molar-refractivity contribution in [1.82, 2.24) is 10.6 Å². The minimum Gasteiger partial charge on any atom is -0.467 e. The second kappa shape index (κ2) is 6.39. The Morgan fingerprint density at radius 1 is 1.17 bits per heavy atom. The summed E-state index contributed by atoms with van der Waals surface area (Å²) in [4.78, 5) is 24.1. The zero-order valence-electron chi connectivity index (χ0n) is 12.5. The number of benzene rings is 1. The first kappa shape index (κ1) is 14.9. The highest BCUT2D eigenvalue weighted by Gasteiger charge is 2.19. The smallest absolute Gasteiger partial charge is 0.287 e. The van der Waals surface area contributed by atoms with E-state index < -0.39 is 11.9 Å². The number of fused-ring (bicyclic) bond motifs is 1. The molecule has 2 aromatic heterocycles. The summed E-state index contributed by atoms with van der Waals surface area (Å²) in [6.45, 7) is 1.88. The van der Waals surface area contributed by atoms with Crippen LogP contribution in [0.5, 0.6) is 0 Å². The van der Waals surface area contributed by atoms with Gasteiger partial charge in [-0.1, -0.05) is 18.2 Å². The van der Waals surface area contributed by atoms with Crippen LogP contribution in [0.4, 0.5) is 0 Å². The highest BCUT2D eigenvalue weighted by Crippen LogP contribution is 2.18. The first-order valence-electron chi connectivity index (χ1n) is 7.23. The predicted molar refractivity (Wildman–Crippen MR) is 83.7 cm³/mol. The standard InChI is InChI=1S/C17H16N2O4/c1-11(16(20)18-10-13-6-4-8-22-13)19-17(21)15-9-12-5-2-3-7-14(12)23-15/h2-9,11H,10H2,1H3,(H,18,20)(H,19,21)/t11-/m0/s1. The van der Waals surface area contributed by atoms with Gasteiger partial charge in [-0.05, 0) is 31.2 Å². The molecule has 3 rings (SSSR count). The number of hydrogen-bond acceptors (Lipinski definition) is 4. The SMILES string of the molecule is C[C@H](NC(=O)c1cc2ccccc2o1)C(=O)NCc1ccco1. The Morgan fingerprint density at radius 3 is 2.74 bits per heavy atom. The molecule has 3 aromatic rings. The van der Waals surface area contributed by atoms with Gasteiger partial charge in [0.25, 0.3) is 5.91 Å². The highest BCUT2D eigenvalue weighted by molar-refractivity contribution is 5.98.